The molecule has 4 N–H and O–H groups in total. The van der Waals surface area contributed by atoms with Gasteiger partial charge in [0.05, 0.1) is 11.4 Å². The molecule has 0 spiro atoms. The van der Waals surface area contributed by atoms with Crippen molar-refractivity contribution in [1.82, 2.24) is 0 Å². The maximum Gasteiger partial charge on any atom is 0.524 e. The number of nitrogens with zero attached hydrogens (tertiary/aromatic N) is 2. The van der Waals surface area contributed by atoms with Gasteiger partial charge in [0.15, 0.2) is 0 Å². The smallest absolute Gasteiger partial charge is 0.404 e. The van der Waals surface area contributed by atoms with Gasteiger partial charge >= 0.3 is 15.6 Å². The lowest BCUT2D eigenvalue weighted by Gasteiger charge is -2.18. The Balaban J connectivity index is 1.15. The number of amides is 2. The number of alkyl halides is 2. The second-order valence-electron chi connectivity index (χ2n) is 14.2. The Morgan fingerprint density at radius 2 is 1.14 bits per heavy atom. The Labute approximate surface area is 338 Å². The van der Waals surface area contributed by atoms with E-state index in [-0.39, 0.29) is 65.9 Å². The summed E-state index contributed by atoms with van der Waals surface area (Å²) in [5, 5.41) is 2.37. The molecule has 0 bridgehead atoms. The maximum atomic E-state index is 13.8. The van der Waals surface area contributed by atoms with Crippen molar-refractivity contribution in [2.45, 2.75) is 31.6 Å². The summed E-state index contributed by atoms with van der Waals surface area (Å²) in [6.07, 6.45) is 6.28. The van der Waals surface area contributed by atoms with E-state index in [0.717, 1.165) is 27.8 Å². The summed E-state index contributed by atoms with van der Waals surface area (Å²) in [6, 6.07) is 22.7. The molecule has 0 fully saturated rings. The largest absolute Gasteiger partial charge is 0.524 e. The summed E-state index contributed by atoms with van der Waals surface area (Å²) in [4.78, 5) is 69.1. The second kappa shape index (κ2) is 16.0. The van der Waals surface area contributed by atoms with Gasteiger partial charge in [-0.2, -0.15) is 0 Å². The van der Waals surface area contributed by atoms with Crippen molar-refractivity contribution < 1.29 is 47.3 Å². The molecule has 12 nitrogen and oxygen atoms in total. The van der Waals surface area contributed by atoms with Gasteiger partial charge in [-0.3, -0.25) is 29.2 Å². The topological polar surface area (TPSA) is 174 Å². The predicted octanol–water partition coefficient (Wildman–Crippen LogP) is 8.82. The highest BCUT2D eigenvalue weighted by atomic mass is 35.5. The van der Waals surface area contributed by atoms with Crippen LogP contribution in [0.15, 0.2) is 91.0 Å². The van der Waals surface area contributed by atoms with E-state index in [2.05, 4.69) is 0 Å². The SMILES string of the molecule is CC(C)c1cc(/C=C/C(=O)N2C[C@@H](CCl)c3c2cc(OP(=O)(O)O)c2ccccc32)ccc1/C=C/C(=O)N1C[C@@H](CCl)c2c1cc(OP(=O)(O)O)c1ccccc21. The van der Waals surface area contributed by atoms with Gasteiger partial charge in [-0.1, -0.05) is 80.6 Å². The Hall–Kier alpha value is -4.48. The number of halogens is 2. The lowest BCUT2D eigenvalue weighted by Crippen LogP contribution is -2.28. The fourth-order valence-electron chi connectivity index (χ4n) is 7.76. The number of anilines is 2. The molecule has 0 aromatic heterocycles. The summed E-state index contributed by atoms with van der Waals surface area (Å²) in [5.74, 6) is -0.768. The van der Waals surface area contributed by atoms with Crippen molar-refractivity contribution in [3.8, 4) is 11.5 Å². The standard InChI is InChI=1S/C41H38Cl2N2O10P2/c1-24(2)33-17-25(12-15-38(46)44-22-27(20-42)40-31-9-5-3-7-29(31)36(18-34(40)44)54-56(48,49)50)11-13-26(33)14-16-39(47)45-23-28(21-43)41-32-10-6-4-8-30(32)37(19-35(41)45)55-57(51,52)53/h3-19,24,27-28H,20-23H2,1-2H3,(H2,48,49,50)(H2,51,52,53)/b15-12+,16-14+/t27-,28-/m1/s1. The lowest BCUT2D eigenvalue weighted by molar-refractivity contribution is -0.114. The highest BCUT2D eigenvalue weighted by Crippen LogP contribution is 2.50. The summed E-state index contributed by atoms with van der Waals surface area (Å²) in [7, 11) is -9.81. The third kappa shape index (κ3) is 8.42. The van der Waals surface area contributed by atoms with E-state index >= 15 is 0 Å². The van der Waals surface area contributed by atoms with E-state index in [1.54, 1.807) is 48.6 Å². The van der Waals surface area contributed by atoms with Gasteiger partial charge in [-0.05, 0) is 56.7 Å². The van der Waals surface area contributed by atoms with E-state index in [0.29, 0.717) is 32.9 Å². The molecule has 5 aromatic rings. The molecule has 0 aliphatic carbocycles. The zero-order chi connectivity index (χ0) is 40.8. The van der Waals surface area contributed by atoms with Crippen molar-refractivity contribution in [2.24, 2.45) is 0 Å². The molecular formula is C41H38Cl2N2O10P2. The number of hydrogen-bond donors (Lipinski definition) is 4. The number of phosphoric ester groups is 2. The van der Waals surface area contributed by atoms with E-state index < -0.39 is 15.6 Å². The number of rotatable bonds is 11. The maximum absolute atomic E-state index is 13.8. The Kier molecular flexibility index (Phi) is 11.5. The normalized spacial score (nSPS) is 17.0. The van der Waals surface area contributed by atoms with Crippen LogP contribution < -0.4 is 18.8 Å². The van der Waals surface area contributed by atoms with Gasteiger partial charge in [0.25, 0.3) is 11.8 Å². The van der Waals surface area contributed by atoms with Crippen LogP contribution in [-0.4, -0.2) is 56.2 Å². The monoisotopic (exact) mass is 850 g/mol. The van der Waals surface area contributed by atoms with Gasteiger partial charge in [0.1, 0.15) is 11.5 Å². The van der Waals surface area contributed by atoms with Gasteiger partial charge < -0.3 is 18.8 Å². The minimum absolute atomic E-state index is 0.0336. The van der Waals surface area contributed by atoms with Crippen LogP contribution in [0.1, 0.15) is 59.4 Å². The van der Waals surface area contributed by atoms with E-state index in [1.807, 2.05) is 44.2 Å². The predicted molar refractivity (Wildman–Crippen MR) is 223 cm³/mol. The number of phosphoric acid groups is 2. The molecule has 2 aliphatic heterocycles. The van der Waals surface area contributed by atoms with Crippen molar-refractivity contribution >= 4 is 95.7 Å². The van der Waals surface area contributed by atoms with Gasteiger partial charge in [-0.15, -0.1) is 23.2 Å². The summed E-state index contributed by atoms with van der Waals surface area (Å²) >= 11 is 12.8. The number of hydrogen-bond acceptors (Lipinski definition) is 6. The van der Waals surface area contributed by atoms with Gasteiger partial charge in [-0.25, -0.2) is 9.13 Å². The summed E-state index contributed by atoms with van der Waals surface area (Å²) in [6.45, 7) is 4.55. The third-order valence-electron chi connectivity index (χ3n) is 10.2. The highest BCUT2D eigenvalue weighted by molar-refractivity contribution is 7.47. The molecule has 16 heteroatoms. The zero-order valence-electron chi connectivity index (χ0n) is 30.7. The highest BCUT2D eigenvalue weighted by Gasteiger charge is 2.36. The zero-order valence-corrected chi connectivity index (χ0v) is 34.0. The molecule has 0 radical (unpaired) electrons. The van der Waals surface area contributed by atoms with E-state index in [4.69, 9.17) is 32.2 Å². The number of carbonyl (C=O) groups excluding carboxylic acids is 2. The van der Waals surface area contributed by atoms with Crippen LogP contribution in [0, 0.1) is 0 Å². The lowest BCUT2D eigenvalue weighted by atomic mass is 9.94. The van der Waals surface area contributed by atoms with Crippen molar-refractivity contribution in [1.29, 1.82) is 0 Å². The fraction of sp³-hybridized carbons (Fsp3) is 0.220. The first-order valence-corrected chi connectivity index (χ1v) is 22.1. The first-order valence-electron chi connectivity index (χ1n) is 17.9. The van der Waals surface area contributed by atoms with Crippen molar-refractivity contribution in [3.05, 3.63) is 119 Å². The van der Waals surface area contributed by atoms with Crippen LogP contribution in [0.4, 0.5) is 11.4 Å². The molecule has 0 saturated heterocycles. The summed E-state index contributed by atoms with van der Waals surface area (Å²) in [5.41, 5.74) is 4.94. The fourth-order valence-corrected chi connectivity index (χ4v) is 9.08. The molecule has 57 heavy (non-hydrogen) atoms. The first-order chi connectivity index (χ1) is 27.1. The number of carbonyl (C=O) groups is 2. The average molecular weight is 852 g/mol. The first kappa shape index (κ1) is 40.7. The summed E-state index contributed by atoms with van der Waals surface area (Å²) < 4.78 is 33.8. The van der Waals surface area contributed by atoms with Crippen LogP contribution in [0.25, 0.3) is 33.7 Å². The van der Waals surface area contributed by atoms with E-state index in [9.17, 15) is 38.3 Å². The molecule has 7 rings (SSSR count). The van der Waals surface area contributed by atoms with Crippen LogP contribution in [0.2, 0.25) is 0 Å². The number of fused-ring (bicyclic) bond motifs is 6. The minimum atomic E-state index is -4.91. The molecule has 2 heterocycles. The molecule has 0 unspecified atom stereocenters. The van der Waals surface area contributed by atoms with Crippen LogP contribution in [0.3, 0.4) is 0 Å². The third-order valence-corrected chi connectivity index (χ3v) is 11.8. The second-order valence-corrected chi connectivity index (χ2v) is 17.1. The Morgan fingerprint density at radius 3 is 1.56 bits per heavy atom. The molecule has 2 amide bonds. The minimum Gasteiger partial charge on any atom is -0.404 e. The van der Waals surface area contributed by atoms with Gasteiger partial charge in [0.2, 0.25) is 0 Å². The molecule has 5 aromatic carbocycles. The Bertz CT molecular complexity index is 2580. The van der Waals surface area contributed by atoms with Crippen LogP contribution in [-0.2, 0) is 18.7 Å². The van der Waals surface area contributed by atoms with Gasteiger partial charge in [0, 0.05) is 71.7 Å². The van der Waals surface area contributed by atoms with Crippen molar-refractivity contribution in [2.75, 3.05) is 34.6 Å². The number of benzene rings is 5. The quantitative estimate of drug-likeness (QED) is 0.0571. The molecule has 0 saturated carbocycles. The van der Waals surface area contributed by atoms with Crippen molar-refractivity contribution in [3.63, 3.8) is 0 Å². The molecule has 2 atom stereocenters. The molecular weight excluding hydrogens is 813 g/mol. The Morgan fingerprint density at radius 1 is 0.702 bits per heavy atom. The van der Waals surface area contributed by atoms with E-state index in [1.165, 1.54) is 34.1 Å². The molecule has 296 valence electrons. The average Bonchev–Trinajstić information content (AvgIpc) is 3.73. The van der Waals surface area contributed by atoms with Crippen LogP contribution >= 0.6 is 38.8 Å². The van der Waals surface area contributed by atoms with Crippen LogP contribution in [0.5, 0.6) is 11.5 Å². The molecule has 2 aliphatic rings.